The van der Waals surface area contributed by atoms with Crippen molar-refractivity contribution in [1.82, 2.24) is 14.8 Å². The van der Waals surface area contributed by atoms with Crippen molar-refractivity contribution in [1.29, 1.82) is 0 Å². The molecule has 0 spiro atoms. The molecule has 1 aromatic carbocycles. The zero-order valence-electron chi connectivity index (χ0n) is 12.3. The predicted molar refractivity (Wildman–Crippen MR) is 87.4 cm³/mol. The third kappa shape index (κ3) is 3.15. The van der Waals surface area contributed by atoms with Crippen LogP contribution in [-0.2, 0) is 0 Å². The summed E-state index contributed by atoms with van der Waals surface area (Å²) in [5.41, 5.74) is 1.19. The highest BCUT2D eigenvalue weighted by Gasteiger charge is 2.31. The van der Waals surface area contributed by atoms with E-state index in [2.05, 4.69) is 64.7 Å². The van der Waals surface area contributed by atoms with Crippen LogP contribution in [0, 0.1) is 0 Å². The third-order valence-electron chi connectivity index (χ3n) is 3.25. The highest BCUT2D eigenvalue weighted by atomic mass is 32.2. The Balaban J connectivity index is 1.94. The van der Waals surface area contributed by atoms with Gasteiger partial charge in [-0.3, -0.25) is 4.57 Å². The predicted octanol–water partition coefficient (Wildman–Crippen LogP) is 4.11. The van der Waals surface area contributed by atoms with E-state index in [4.69, 9.17) is 0 Å². The van der Waals surface area contributed by atoms with E-state index < -0.39 is 8.07 Å². The molecule has 0 radical (unpaired) electrons. The van der Waals surface area contributed by atoms with Gasteiger partial charge in [-0.2, -0.15) is 0 Å². The van der Waals surface area contributed by atoms with Gasteiger partial charge in [0.1, 0.15) is 5.82 Å². The van der Waals surface area contributed by atoms with Crippen LogP contribution in [0.5, 0.6) is 0 Å². The number of nitrogens with zero attached hydrogens (tertiary/aromatic N) is 3. The molecule has 0 atom stereocenters. The molecule has 3 rings (SSSR count). The largest absolute Gasteiger partial charge is 0.274 e. The quantitative estimate of drug-likeness (QED) is 0.615. The van der Waals surface area contributed by atoms with Gasteiger partial charge in [-0.05, 0) is 30.4 Å². The summed E-state index contributed by atoms with van der Waals surface area (Å²) in [6.07, 6.45) is 2.51. The molecule has 0 N–H and O–H groups in total. The molecule has 2 aromatic rings. The number of hydrogen-bond donors (Lipinski definition) is 0. The SMILES string of the molecule is C[Si](C)(C)CSc1nnc(C2CC2)n1-c1ccccc1. The molecular formula is C15H21N3SSi. The molecule has 0 aliphatic heterocycles. The molecule has 0 amide bonds. The van der Waals surface area contributed by atoms with Crippen LogP contribution < -0.4 is 0 Å². The van der Waals surface area contributed by atoms with Crippen molar-refractivity contribution in [3.8, 4) is 5.69 Å². The number of hydrogen-bond acceptors (Lipinski definition) is 3. The third-order valence-corrected chi connectivity index (χ3v) is 7.81. The number of rotatable bonds is 5. The molecule has 1 heterocycles. The molecular weight excluding hydrogens is 282 g/mol. The summed E-state index contributed by atoms with van der Waals surface area (Å²) in [5, 5.41) is 11.2. The van der Waals surface area contributed by atoms with Gasteiger partial charge in [-0.25, -0.2) is 0 Å². The molecule has 106 valence electrons. The maximum Gasteiger partial charge on any atom is 0.195 e. The lowest BCUT2D eigenvalue weighted by atomic mass is 10.3. The van der Waals surface area contributed by atoms with Gasteiger partial charge in [0.2, 0.25) is 0 Å². The van der Waals surface area contributed by atoms with Crippen LogP contribution >= 0.6 is 11.8 Å². The van der Waals surface area contributed by atoms with Crippen molar-refractivity contribution in [2.24, 2.45) is 0 Å². The summed E-state index contributed by atoms with van der Waals surface area (Å²) in [6, 6.07) is 10.5. The van der Waals surface area contributed by atoms with Crippen LogP contribution in [0.4, 0.5) is 0 Å². The molecule has 1 aromatic heterocycles. The number of para-hydroxylation sites is 1. The first-order valence-corrected chi connectivity index (χ1v) is 11.9. The summed E-state index contributed by atoms with van der Waals surface area (Å²) >= 11 is 1.87. The lowest BCUT2D eigenvalue weighted by Crippen LogP contribution is -2.24. The fourth-order valence-corrected chi connectivity index (χ4v) is 4.76. The Kier molecular flexibility index (Phi) is 3.73. The normalized spacial score (nSPS) is 15.6. The minimum Gasteiger partial charge on any atom is -0.274 e. The second kappa shape index (κ2) is 5.37. The standard InChI is InChI=1S/C15H21N3SSi/c1-20(2,3)11-19-15-17-16-14(12-9-10-12)18(15)13-7-5-4-6-8-13/h4-8,12H,9-11H2,1-3H3. The zero-order chi connectivity index (χ0) is 14.2. The van der Waals surface area contributed by atoms with Gasteiger partial charge in [-0.1, -0.05) is 49.6 Å². The molecule has 1 aliphatic carbocycles. The Labute approximate surface area is 125 Å². The van der Waals surface area contributed by atoms with Gasteiger partial charge in [-0.15, -0.1) is 10.2 Å². The Morgan fingerprint density at radius 3 is 2.45 bits per heavy atom. The van der Waals surface area contributed by atoms with E-state index in [9.17, 15) is 0 Å². The summed E-state index contributed by atoms with van der Waals surface area (Å²) in [7, 11) is -1.08. The summed E-state index contributed by atoms with van der Waals surface area (Å²) in [4.78, 5) is 0. The fourth-order valence-electron chi connectivity index (χ4n) is 2.08. The van der Waals surface area contributed by atoms with Crippen LogP contribution in [-0.4, -0.2) is 28.2 Å². The first-order valence-electron chi connectivity index (χ1n) is 7.18. The Morgan fingerprint density at radius 1 is 1.15 bits per heavy atom. The van der Waals surface area contributed by atoms with Crippen molar-refractivity contribution in [3.63, 3.8) is 0 Å². The fraction of sp³-hybridized carbons (Fsp3) is 0.467. The number of benzene rings is 1. The van der Waals surface area contributed by atoms with E-state index in [1.165, 1.54) is 23.9 Å². The smallest absolute Gasteiger partial charge is 0.195 e. The zero-order valence-corrected chi connectivity index (χ0v) is 14.2. The van der Waals surface area contributed by atoms with E-state index in [1.807, 2.05) is 11.8 Å². The van der Waals surface area contributed by atoms with Gasteiger partial charge < -0.3 is 0 Å². The number of aromatic nitrogens is 3. The topological polar surface area (TPSA) is 30.7 Å². The van der Waals surface area contributed by atoms with Crippen LogP contribution in [0.2, 0.25) is 19.6 Å². The van der Waals surface area contributed by atoms with Gasteiger partial charge in [0.05, 0.1) is 8.07 Å². The van der Waals surface area contributed by atoms with E-state index in [-0.39, 0.29) is 0 Å². The van der Waals surface area contributed by atoms with Gasteiger partial charge in [0.25, 0.3) is 0 Å². The van der Waals surface area contributed by atoms with Crippen LogP contribution in [0.25, 0.3) is 5.69 Å². The summed E-state index contributed by atoms with van der Waals surface area (Å²) < 4.78 is 2.27. The van der Waals surface area contributed by atoms with Crippen LogP contribution in [0.1, 0.15) is 24.6 Å². The molecule has 1 fully saturated rings. The van der Waals surface area contributed by atoms with Crippen molar-refractivity contribution in [2.75, 3.05) is 5.38 Å². The Bertz CT molecular complexity index is 585. The van der Waals surface area contributed by atoms with Crippen molar-refractivity contribution in [3.05, 3.63) is 36.2 Å². The second-order valence-corrected chi connectivity index (χ2v) is 13.6. The first kappa shape index (κ1) is 13.9. The molecule has 3 nitrogen and oxygen atoms in total. The molecule has 20 heavy (non-hydrogen) atoms. The maximum absolute atomic E-state index is 4.46. The monoisotopic (exact) mass is 303 g/mol. The lowest BCUT2D eigenvalue weighted by Gasteiger charge is -2.15. The average Bonchev–Trinajstić information content (AvgIpc) is 3.16. The molecule has 1 saturated carbocycles. The van der Waals surface area contributed by atoms with Crippen LogP contribution in [0.15, 0.2) is 35.5 Å². The van der Waals surface area contributed by atoms with Gasteiger partial charge >= 0.3 is 0 Å². The highest BCUT2D eigenvalue weighted by molar-refractivity contribution is 8.00. The molecule has 0 unspecified atom stereocenters. The van der Waals surface area contributed by atoms with Crippen molar-refractivity contribution in [2.45, 2.75) is 43.6 Å². The van der Waals surface area contributed by atoms with E-state index in [0.29, 0.717) is 5.92 Å². The van der Waals surface area contributed by atoms with Crippen molar-refractivity contribution < 1.29 is 0 Å². The van der Waals surface area contributed by atoms with Gasteiger partial charge in [0.15, 0.2) is 5.16 Å². The first-order chi connectivity index (χ1) is 9.54. The molecule has 5 heteroatoms. The Hall–Kier alpha value is -1.07. The van der Waals surface area contributed by atoms with Crippen LogP contribution in [0.3, 0.4) is 0 Å². The van der Waals surface area contributed by atoms with E-state index in [0.717, 1.165) is 11.0 Å². The van der Waals surface area contributed by atoms with Crippen molar-refractivity contribution >= 4 is 19.8 Å². The number of thioether (sulfide) groups is 1. The van der Waals surface area contributed by atoms with E-state index >= 15 is 0 Å². The molecule has 0 saturated heterocycles. The maximum atomic E-state index is 4.46. The minimum absolute atomic E-state index is 0.615. The lowest BCUT2D eigenvalue weighted by molar-refractivity contribution is 0.830. The molecule has 1 aliphatic rings. The highest BCUT2D eigenvalue weighted by Crippen LogP contribution is 2.41. The molecule has 0 bridgehead atoms. The summed E-state index contributed by atoms with van der Waals surface area (Å²) in [6.45, 7) is 7.18. The Morgan fingerprint density at radius 2 is 1.85 bits per heavy atom. The van der Waals surface area contributed by atoms with Gasteiger partial charge in [0, 0.05) is 11.6 Å². The average molecular weight is 304 g/mol. The summed E-state index contributed by atoms with van der Waals surface area (Å²) in [5.74, 6) is 1.76. The second-order valence-electron chi connectivity index (χ2n) is 6.64. The van der Waals surface area contributed by atoms with E-state index in [1.54, 1.807) is 0 Å². The minimum atomic E-state index is -1.08.